The fourth-order valence-electron chi connectivity index (χ4n) is 3.64. The van der Waals surface area contributed by atoms with Gasteiger partial charge >= 0.3 is 6.03 Å². The van der Waals surface area contributed by atoms with Crippen molar-refractivity contribution in [2.45, 2.75) is 42.4 Å². The summed E-state index contributed by atoms with van der Waals surface area (Å²) in [6.45, 7) is -0.174. The van der Waals surface area contributed by atoms with Crippen molar-refractivity contribution in [3.8, 4) is 5.75 Å². The van der Waals surface area contributed by atoms with Crippen LogP contribution in [-0.2, 0) is 14.8 Å². The number of amides is 2. The molecule has 2 amide bonds. The van der Waals surface area contributed by atoms with Gasteiger partial charge in [0, 0.05) is 6.54 Å². The smallest absolute Gasteiger partial charge is 0.319 e. The second-order valence-corrected chi connectivity index (χ2v) is 9.37. The van der Waals surface area contributed by atoms with Crippen molar-refractivity contribution < 1.29 is 32.2 Å². The number of anilines is 1. The summed E-state index contributed by atoms with van der Waals surface area (Å²) in [5.41, 5.74) is 0.515. The summed E-state index contributed by atoms with van der Waals surface area (Å²) < 4.78 is 51.2. The first-order valence-electron chi connectivity index (χ1n) is 10.5. The van der Waals surface area contributed by atoms with Crippen LogP contribution in [0.1, 0.15) is 19.3 Å². The molecule has 0 spiro atoms. The highest BCUT2D eigenvalue weighted by atomic mass is 32.2. The van der Waals surface area contributed by atoms with Crippen molar-refractivity contribution in [3.05, 3.63) is 54.3 Å². The van der Waals surface area contributed by atoms with Gasteiger partial charge in [-0.05, 0) is 55.7 Å². The Balaban J connectivity index is 1.48. The van der Waals surface area contributed by atoms with Crippen LogP contribution in [0.15, 0.2) is 53.4 Å². The van der Waals surface area contributed by atoms with Crippen LogP contribution in [0.2, 0.25) is 0 Å². The van der Waals surface area contributed by atoms with Gasteiger partial charge in [-0.15, -0.1) is 0 Å². The predicted molar refractivity (Wildman–Crippen MR) is 120 cm³/mol. The minimum absolute atomic E-state index is 0.0213. The summed E-state index contributed by atoms with van der Waals surface area (Å²) in [5, 5.41) is 15.3. The number of hydrogen-bond acceptors (Lipinski definition) is 6. The van der Waals surface area contributed by atoms with Gasteiger partial charge < -0.3 is 25.2 Å². The molecular weight excluding hydrogens is 453 g/mol. The molecule has 0 saturated carbocycles. The third-order valence-electron chi connectivity index (χ3n) is 5.35. The van der Waals surface area contributed by atoms with Crippen molar-refractivity contribution in [2.75, 3.05) is 25.6 Å². The molecule has 9 nitrogen and oxygen atoms in total. The average molecular weight is 482 g/mol. The summed E-state index contributed by atoms with van der Waals surface area (Å²) in [4.78, 5) is 12.4. The number of methoxy groups -OCH3 is 1. The zero-order valence-electron chi connectivity index (χ0n) is 18.2. The largest absolute Gasteiger partial charge is 0.495 e. The number of aliphatic hydroxyl groups is 1. The Labute approximate surface area is 192 Å². The van der Waals surface area contributed by atoms with E-state index in [2.05, 4.69) is 15.4 Å². The van der Waals surface area contributed by atoms with Crippen molar-refractivity contribution in [2.24, 2.45) is 0 Å². The molecule has 3 rings (SSSR count). The molecule has 4 N–H and O–H groups in total. The van der Waals surface area contributed by atoms with Crippen molar-refractivity contribution in [3.63, 3.8) is 0 Å². The number of benzene rings is 2. The number of para-hydroxylation sites is 2. The monoisotopic (exact) mass is 481 g/mol. The molecule has 1 aliphatic rings. The molecule has 2 aromatic carbocycles. The number of halogens is 1. The molecule has 1 fully saturated rings. The summed E-state index contributed by atoms with van der Waals surface area (Å²) in [6, 6.07) is 10.7. The Kier molecular flexibility index (Phi) is 8.61. The molecule has 33 heavy (non-hydrogen) atoms. The lowest BCUT2D eigenvalue weighted by molar-refractivity contribution is -0.0884. The van der Waals surface area contributed by atoms with Crippen molar-refractivity contribution >= 4 is 21.7 Å². The van der Waals surface area contributed by atoms with Crippen LogP contribution in [0.3, 0.4) is 0 Å². The van der Waals surface area contributed by atoms with Gasteiger partial charge in [0.1, 0.15) is 17.7 Å². The van der Waals surface area contributed by atoms with Crippen LogP contribution < -0.4 is 20.1 Å². The fourth-order valence-corrected chi connectivity index (χ4v) is 4.68. The Hall–Kier alpha value is -2.73. The summed E-state index contributed by atoms with van der Waals surface area (Å²) in [7, 11) is -2.25. The van der Waals surface area contributed by atoms with E-state index in [9.17, 15) is 22.7 Å². The first kappa shape index (κ1) is 24.9. The minimum Gasteiger partial charge on any atom is -0.495 e. The Morgan fingerprint density at radius 2 is 1.91 bits per heavy atom. The van der Waals surface area contributed by atoms with Crippen molar-refractivity contribution in [1.29, 1.82) is 0 Å². The van der Waals surface area contributed by atoms with Crippen LogP contribution in [-0.4, -0.2) is 58.1 Å². The van der Waals surface area contributed by atoms with E-state index in [0.717, 1.165) is 12.1 Å². The molecule has 1 aliphatic heterocycles. The molecule has 0 unspecified atom stereocenters. The van der Waals surface area contributed by atoms with E-state index < -0.39 is 34.0 Å². The van der Waals surface area contributed by atoms with E-state index in [1.165, 1.54) is 19.2 Å². The molecule has 2 aromatic rings. The van der Waals surface area contributed by atoms with Gasteiger partial charge in [0.25, 0.3) is 0 Å². The topological polar surface area (TPSA) is 126 Å². The summed E-state index contributed by atoms with van der Waals surface area (Å²) in [6.07, 6.45) is 0.611. The maximum atomic E-state index is 13.0. The van der Waals surface area contributed by atoms with Crippen LogP contribution in [0.5, 0.6) is 5.75 Å². The quantitative estimate of drug-likeness (QED) is 0.435. The van der Waals surface area contributed by atoms with Gasteiger partial charge in [-0.2, -0.15) is 0 Å². The van der Waals surface area contributed by atoms with Crippen LogP contribution >= 0.6 is 0 Å². The number of rotatable bonds is 9. The average Bonchev–Trinajstić information content (AvgIpc) is 2.80. The Morgan fingerprint density at radius 1 is 1.18 bits per heavy atom. The number of carbonyl (C=O) groups is 1. The zero-order valence-corrected chi connectivity index (χ0v) is 19.0. The maximum absolute atomic E-state index is 13.0. The number of hydrogen-bond donors (Lipinski definition) is 4. The van der Waals surface area contributed by atoms with Gasteiger partial charge in [-0.25, -0.2) is 22.3 Å². The predicted octanol–water partition coefficient (Wildman–Crippen LogP) is 2.23. The highest BCUT2D eigenvalue weighted by Gasteiger charge is 2.32. The standard InChI is InChI=1S/C22H28FN3O6S/c1-31-20-5-3-2-4-18(20)25-22(28)26-19-11-8-16(32-21(19)14-27)12-13-24-33(29,30)17-9-6-15(23)7-10-17/h2-7,9-10,16,19,21,24,27H,8,11-14H2,1H3,(H2,25,26,28)/t16-,19+,21+/m1/s1. The first-order chi connectivity index (χ1) is 15.8. The summed E-state index contributed by atoms with van der Waals surface area (Å²) >= 11 is 0. The van der Waals surface area contributed by atoms with Gasteiger partial charge in [0.05, 0.1) is 36.4 Å². The lowest BCUT2D eigenvalue weighted by Gasteiger charge is -2.36. The van der Waals surface area contributed by atoms with Gasteiger partial charge in [-0.1, -0.05) is 12.1 Å². The summed E-state index contributed by atoms with van der Waals surface area (Å²) in [5.74, 6) is 0.00811. The third-order valence-corrected chi connectivity index (χ3v) is 6.83. The fraction of sp³-hybridized carbons (Fsp3) is 0.409. The van der Waals surface area contributed by atoms with E-state index in [4.69, 9.17) is 9.47 Å². The molecule has 180 valence electrons. The second kappa shape index (κ2) is 11.4. The number of nitrogens with one attached hydrogen (secondary N) is 3. The lowest BCUT2D eigenvalue weighted by atomic mass is 9.97. The van der Waals surface area contributed by atoms with E-state index >= 15 is 0 Å². The van der Waals surface area contributed by atoms with Gasteiger partial charge in [0.15, 0.2) is 0 Å². The van der Waals surface area contributed by atoms with Gasteiger partial charge in [0.2, 0.25) is 10.0 Å². The number of ether oxygens (including phenoxy) is 2. The zero-order chi connectivity index (χ0) is 23.8. The molecule has 0 aromatic heterocycles. The number of sulfonamides is 1. The SMILES string of the molecule is COc1ccccc1NC(=O)N[C@H]1CC[C@H](CCNS(=O)(=O)c2ccc(F)cc2)O[C@H]1CO. The van der Waals surface area contributed by atoms with E-state index in [0.29, 0.717) is 30.7 Å². The van der Waals surface area contributed by atoms with E-state index in [1.54, 1.807) is 24.3 Å². The van der Waals surface area contributed by atoms with E-state index in [1.807, 2.05) is 0 Å². The number of carbonyl (C=O) groups excluding carboxylic acids is 1. The molecule has 11 heteroatoms. The molecule has 0 aliphatic carbocycles. The number of urea groups is 1. The van der Waals surface area contributed by atoms with Crippen molar-refractivity contribution in [1.82, 2.24) is 10.0 Å². The van der Waals surface area contributed by atoms with E-state index in [-0.39, 0.29) is 24.2 Å². The maximum Gasteiger partial charge on any atom is 0.319 e. The molecule has 1 heterocycles. The molecule has 3 atom stereocenters. The molecule has 0 radical (unpaired) electrons. The molecule has 0 bridgehead atoms. The van der Waals surface area contributed by atoms with Crippen LogP contribution in [0, 0.1) is 5.82 Å². The normalized spacial score (nSPS) is 20.8. The molecule has 1 saturated heterocycles. The highest BCUT2D eigenvalue weighted by molar-refractivity contribution is 7.89. The Bertz CT molecular complexity index is 1030. The lowest BCUT2D eigenvalue weighted by Crippen LogP contribution is -2.52. The minimum atomic E-state index is -3.76. The van der Waals surface area contributed by atoms with Gasteiger partial charge in [-0.3, -0.25) is 0 Å². The van der Waals surface area contributed by atoms with Crippen LogP contribution in [0.4, 0.5) is 14.9 Å². The third kappa shape index (κ3) is 6.87. The Morgan fingerprint density at radius 3 is 2.61 bits per heavy atom. The second-order valence-electron chi connectivity index (χ2n) is 7.60. The first-order valence-corrected chi connectivity index (χ1v) is 12.0. The molecular formula is C22H28FN3O6S. The number of aliphatic hydroxyl groups excluding tert-OH is 1. The van der Waals surface area contributed by atoms with Crippen LogP contribution in [0.25, 0.3) is 0 Å². The highest BCUT2D eigenvalue weighted by Crippen LogP contribution is 2.24.